The van der Waals surface area contributed by atoms with Gasteiger partial charge in [-0.05, 0) is 24.7 Å². The predicted octanol–water partition coefficient (Wildman–Crippen LogP) is 0.181. The van der Waals surface area contributed by atoms with Crippen molar-refractivity contribution in [2.24, 2.45) is 23.7 Å². The molecular formula is C17H18N2O6. The van der Waals surface area contributed by atoms with Crippen LogP contribution in [0, 0.1) is 23.7 Å². The van der Waals surface area contributed by atoms with E-state index in [-0.39, 0.29) is 67.7 Å². The molecule has 8 heteroatoms. The van der Waals surface area contributed by atoms with Gasteiger partial charge in [-0.25, -0.2) is 4.79 Å². The maximum Gasteiger partial charge on any atom is 0.333 e. The molecule has 2 heterocycles. The number of allylic oxidation sites excluding steroid dienone is 2. The number of hydrogen-bond donors (Lipinski definition) is 0. The van der Waals surface area contributed by atoms with Gasteiger partial charge in [-0.3, -0.25) is 24.1 Å². The first kappa shape index (κ1) is 16.0. The molecule has 4 amide bonds. The van der Waals surface area contributed by atoms with E-state index in [1.54, 1.807) is 0 Å². The van der Waals surface area contributed by atoms with Crippen molar-refractivity contribution >= 4 is 29.6 Å². The van der Waals surface area contributed by atoms with E-state index < -0.39 is 17.8 Å². The summed E-state index contributed by atoms with van der Waals surface area (Å²) in [6.07, 6.45) is 5.20. The lowest BCUT2D eigenvalue weighted by molar-refractivity contribution is -0.197. The van der Waals surface area contributed by atoms with Crippen LogP contribution in [0.15, 0.2) is 12.2 Å². The Bertz CT molecular complexity index is 668. The lowest BCUT2D eigenvalue weighted by Crippen LogP contribution is -2.35. The Labute approximate surface area is 143 Å². The number of hydrogen-bond acceptors (Lipinski definition) is 6. The summed E-state index contributed by atoms with van der Waals surface area (Å²) in [6, 6.07) is 0. The van der Waals surface area contributed by atoms with Crippen LogP contribution in [-0.2, 0) is 28.8 Å². The van der Waals surface area contributed by atoms with Gasteiger partial charge in [0.05, 0.1) is 11.8 Å². The van der Waals surface area contributed by atoms with Gasteiger partial charge in [0.2, 0.25) is 11.8 Å². The van der Waals surface area contributed by atoms with Crippen molar-refractivity contribution in [3.8, 4) is 0 Å². The van der Waals surface area contributed by atoms with Crippen molar-refractivity contribution in [2.75, 3.05) is 6.54 Å². The summed E-state index contributed by atoms with van der Waals surface area (Å²) >= 11 is 0. The highest BCUT2D eigenvalue weighted by atomic mass is 16.7. The van der Waals surface area contributed by atoms with E-state index in [1.165, 1.54) is 4.90 Å². The molecule has 4 atom stereocenters. The van der Waals surface area contributed by atoms with Gasteiger partial charge in [-0.1, -0.05) is 12.2 Å². The number of hydroxylamine groups is 2. The summed E-state index contributed by atoms with van der Waals surface area (Å²) in [5, 5.41) is 0.502. The first-order chi connectivity index (χ1) is 12.0. The Morgan fingerprint density at radius 2 is 1.56 bits per heavy atom. The molecule has 2 bridgehead atoms. The lowest BCUT2D eigenvalue weighted by atomic mass is 9.85. The Kier molecular flexibility index (Phi) is 3.70. The van der Waals surface area contributed by atoms with Gasteiger partial charge in [-0.15, -0.1) is 5.06 Å². The smallest absolute Gasteiger partial charge is 0.330 e. The van der Waals surface area contributed by atoms with Crippen LogP contribution in [0.4, 0.5) is 0 Å². The fourth-order valence-corrected chi connectivity index (χ4v) is 4.37. The molecule has 2 saturated heterocycles. The summed E-state index contributed by atoms with van der Waals surface area (Å²) in [6.45, 7) is 0.154. The highest BCUT2D eigenvalue weighted by Crippen LogP contribution is 2.52. The van der Waals surface area contributed by atoms with Gasteiger partial charge in [-0.2, -0.15) is 0 Å². The van der Waals surface area contributed by atoms with E-state index in [0.717, 1.165) is 6.42 Å². The van der Waals surface area contributed by atoms with Crippen LogP contribution in [0.2, 0.25) is 0 Å². The van der Waals surface area contributed by atoms with Crippen LogP contribution in [0.3, 0.4) is 0 Å². The van der Waals surface area contributed by atoms with E-state index in [1.807, 2.05) is 12.2 Å². The molecule has 132 valence electrons. The van der Waals surface area contributed by atoms with Crippen LogP contribution in [0.1, 0.15) is 32.1 Å². The number of likely N-dealkylation sites (tertiary alicyclic amines) is 1. The fourth-order valence-electron chi connectivity index (χ4n) is 4.37. The maximum absolute atomic E-state index is 12.5. The molecule has 0 radical (unpaired) electrons. The average molecular weight is 346 g/mol. The molecule has 2 unspecified atom stereocenters. The number of carbonyl (C=O) groups is 5. The van der Waals surface area contributed by atoms with Crippen molar-refractivity contribution in [1.29, 1.82) is 0 Å². The van der Waals surface area contributed by atoms with Crippen molar-refractivity contribution in [2.45, 2.75) is 32.1 Å². The molecule has 2 aliphatic heterocycles. The van der Waals surface area contributed by atoms with Crippen molar-refractivity contribution in [3.05, 3.63) is 12.2 Å². The quantitative estimate of drug-likeness (QED) is 0.520. The normalized spacial score (nSPS) is 33.0. The summed E-state index contributed by atoms with van der Waals surface area (Å²) < 4.78 is 0. The Morgan fingerprint density at radius 1 is 1.00 bits per heavy atom. The molecule has 4 aliphatic rings. The third-order valence-corrected chi connectivity index (χ3v) is 5.52. The molecule has 0 N–H and O–H groups in total. The van der Waals surface area contributed by atoms with Crippen molar-refractivity contribution in [3.63, 3.8) is 0 Å². The van der Waals surface area contributed by atoms with Crippen LogP contribution < -0.4 is 0 Å². The monoisotopic (exact) mass is 346 g/mol. The van der Waals surface area contributed by atoms with Crippen LogP contribution in [-0.4, -0.2) is 46.1 Å². The number of amides is 4. The SMILES string of the molecule is O=C(CCCN1C(=O)[C@@H]2C3C=CC(C3)[C@@H]2C1=O)ON1C(=O)CCC1=O. The summed E-state index contributed by atoms with van der Waals surface area (Å²) in [5.74, 6) is -2.23. The van der Waals surface area contributed by atoms with Crippen LogP contribution in [0.25, 0.3) is 0 Å². The number of nitrogens with zero attached hydrogens (tertiary/aromatic N) is 2. The Hall–Kier alpha value is -2.51. The third-order valence-electron chi connectivity index (χ3n) is 5.52. The van der Waals surface area contributed by atoms with Crippen LogP contribution in [0.5, 0.6) is 0 Å². The average Bonchev–Trinajstić information content (AvgIpc) is 3.32. The van der Waals surface area contributed by atoms with E-state index in [9.17, 15) is 24.0 Å². The first-order valence-electron chi connectivity index (χ1n) is 8.57. The minimum atomic E-state index is -0.718. The minimum Gasteiger partial charge on any atom is -0.330 e. The van der Waals surface area contributed by atoms with Gasteiger partial charge < -0.3 is 4.84 Å². The zero-order valence-electron chi connectivity index (χ0n) is 13.6. The molecule has 0 spiro atoms. The minimum absolute atomic E-state index is 0.0437. The molecule has 2 aliphatic carbocycles. The highest BCUT2D eigenvalue weighted by Gasteiger charge is 2.58. The number of imide groups is 2. The van der Waals surface area contributed by atoms with Crippen molar-refractivity contribution < 1.29 is 28.8 Å². The van der Waals surface area contributed by atoms with Gasteiger partial charge in [0.1, 0.15) is 0 Å². The van der Waals surface area contributed by atoms with Gasteiger partial charge in [0.25, 0.3) is 11.8 Å². The largest absolute Gasteiger partial charge is 0.333 e. The van der Waals surface area contributed by atoms with E-state index >= 15 is 0 Å². The number of rotatable bonds is 5. The lowest BCUT2D eigenvalue weighted by Gasteiger charge is -2.17. The predicted molar refractivity (Wildman–Crippen MR) is 80.9 cm³/mol. The second kappa shape index (κ2) is 5.79. The molecule has 3 fully saturated rings. The van der Waals surface area contributed by atoms with Gasteiger partial charge in [0.15, 0.2) is 0 Å². The molecule has 4 rings (SSSR count). The van der Waals surface area contributed by atoms with Gasteiger partial charge in [0, 0.05) is 25.8 Å². The second-order valence-corrected chi connectivity index (χ2v) is 6.98. The molecule has 25 heavy (non-hydrogen) atoms. The van der Waals surface area contributed by atoms with E-state index in [0.29, 0.717) is 5.06 Å². The summed E-state index contributed by atoms with van der Waals surface area (Å²) in [5.41, 5.74) is 0. The van der Waals surface area contributed by atoms with E-state index in [2.05, 4.69) is 0 Å². The first-order valence-corrected chi connectivity index (χ1v) is 8.57. The van der Waals surface area contributed by atoms with Crippen molar-refractivity contribution in [1.82, 2.24) is 9.96 Å². The standard InChI is InChI=1S/C17H18N2O6/c20-11-5-6-12(21)19(11)25-13(22)2-1-7-18-16(23)14-9-3-4-10(8-9)15(14)17(18)24/h3-4,9-10,14-15H,1-2,5-8H2/t9?,10?,14-,15+. The zero-order chi connectivity index (χ0) is 17.7. The molecule has 8 nitrogen and oxygen atoms in total. The molecular weight excluding hydrogens is 328 g/mol. The number of fused-ring (bicyclic) bond motifs is 5. The van der Waals surface area contributed by atoms with Gasteiger partial charge >= 0.3 is 5.97 Å². The molecule has 0 aromatic carbocycles. The number of carbonyl (C=O) groups excluding carboxylic acids is 5. The Morgan fingerprint density at radius 3 is 2.12 bits per heavy atom. The summed E-state index contributed by atoms with van der Waals surface area (Å²) in [4.78, 5) is 65.5. The zero-order valence-corrected chi connectivity index (χ0v) is 13.6. The van der Waals surface area contributed by atoms with Crippen LogP contribution >= 0.6 is 0 Å². The maximum atomic E-state index is 12.5. The topological polar surface area (TPSA) is 101 Å². The van der Waals surface area contributed by atoms with E-state index in [4.69, 9.17) is 4.84 Å². The summed E-state index contributed by atoms with van der Waals surface area (Å²) in [7, 11) is 0. The molecule has 1 saturated carbocycles. The highest BCUT2D eigenvalue weighted by molar-refractivity contribution is 6.06. The Balaban J connectivity index is 1.29. The molecule has 0 aromatic rings. The fraction of sp³-hybridized carbons (Fsp3) is 0.588. The molecule has 0 aromatic heterocycles. The third kappa shape index (κ3) is 2.47. The second-order valence-electron chi connectivity index (χ2n) is 6.98.